The van der Waals surface area contributed by atoms with Gasteiger partial charge in [-0.3, -0.25) is 14.9 Å². The molecule has 1 N–H and O–H groups in total. The molecule has 0 spiro atoms. The Morgan fingerprint density at radius 2 is 1.96 bits per heavy atom. The Morgan fingerprint density at radius 3 is 2.67 bits per heavy atom. The number of nitrogens with one attached hydrogen (secondary N) is 1. The second kappa shape index (κ2) is 6.43. The van der Waals surface area contributed by atoms with Gasteiger partial charge in [-0.25, -0.2) is 4.99 Å². The zero-order valence-electron chi connectivity index (χ0n) is 12.0. The van der Waals surface area contributed by atoms with Crippen molar-refractivity contribution in [3.05, 3.63) is 79.4 Å². The summed E-state index contributed by atoms with van der Waals surface area (Å²) in [7, 11) is 0. The van der Waals surface area contributed by atoms with Crippen LogP contribution in [-0.4, -0.2) is 16.7 Å². The fourth-order valence-corrected chi connectivity index (χ4v) is 2.60. The van der Waals surface area contributed by atoms with Crippen molar-refractivity contribution in [1.82, 2.24) is 5.32 Å². The van der Waals surface area contributed by atoms with Crippen LogP contribution in [0.5, 0.6) is 0 Å². The van der Waals surface area contributed by atoms with Gasteiger partial charge in [0.1, 0.15) is 11.5 Å². The normalized spacial score (nSPS) is 15.3. The van der Waals surface area contributed by atoms with E-state index in [1.807, 2.05) is 0 Å². The number of aliphatic imine (C=N–C) groups is 1. The Bertz CT molecular complexity index is 923. The van der Waals surface area contributed by atoms with Crippen LogP contribution in [0.1, 0.15) is 11.1 Å². The Hall–Kier alpha value is -2.70. The summed E-state index contributed by atoms with van der Waals surface area (Å²) in [6.45, 7) is 0. The molecule has 0 atom stereocenters. The van der Waals surface area contributed by atoms with Gasteiger partial charge in [0.25, 0.3) is 11.6 Å². The molecule has 1 heterocycles. The zero-order chi connectivity index (χ0) is 17.3. The van der Waals surface area contributed by atoms with Gasteiger partial charge in [0.15, 0.2) is 0 Å². The van der Waals surface area contributed by atoms with E-state index in [9.17, 15) is 14.9 Å². The third kappa shape index (κ3) is 3.29. The maximum absolute atomic E-state index is 12.1. The van der Waals surface area contributed by atoms with Gasteiger partial charge in [0.2, 0.25) is 0 Å². The van der Waals surface area contributed by atoms with Crippen molar-refractivity contribution in [2.45, 2.75) is 0 Å². The number of rotatable bonds is 3. The fourth-order valence-electron chi connectivity index (χ4n) is 2.14. The zero-order valence-corrected chi connectivity index (χ0v) is 13.5. The second-order valence-electron chi connectivity index (χ2n) is 4.92. The topological polar surface area (TPSA) is 84.6 Å². The van der Waals surface area contributed by atoms with Crippen molar-refractivity contribution in [2.75, 3.05) is 0 Å². The second-order valence-corrected chi connectivity index (χ2v) is 5.76. The summed E-state index contributed by atoms with van der Waals surface area (Å²) in [5.41, 5.74) is 1.11. The van der Waals surface area contributed by atoms with Gasteiger partial charge >= 0.3 is 0 Å². The Labute approximate surface area is 146 Å². The van der Waals surface area contributed by atoms with E-state index in [2.05, 4.69) is 10.3 Å². The molecule has 1 aliphatic heterocycles. The molecule has 2 aromatic carbocycles. The van der Waals surface area contributed by atoms with Crippen LogP contribution in [0.3, 0.4) is 0 Å². The quantitative estimate of drug-likeness (QED) is 0.512. The van der Waals surface area contributed by atoms with Gasteiger partial charge in [-0.1, -0.05) is 41.4 Å². The Balaban J connectivity index is 1.97. The SMILES string of the molecule is O=C1NC(c2cccc([N+](=O)[O-])c2)=N/C1=C/c1ccc(Cl)cc1Cl. The van der Waals surface area contributed by atoms with Gasteiger partial charge < -0.3 is 5.32 Å². The first-order valence-electron chi connectivity index (χ1n) is 6.75. The van der Waals surface area contributed by atoms with Gasteiger partial charge in [0.05, 0.1) is 4.92 Å². The summed E-state index contributed by atoms with van der Waals surface area (Å²) in [5.74, 6) is -0.164. The molecular weight excluding hydrogens is 353 g/mol. The van der Waals surface area contributed by atoms with Gasteiger partial charge in [-0.05, 0) is 23.8 Å². The standard InChI is InChI=1S/C16H9Cl2N3O3/c17-11-5-4-9(13(18)8-11)7-14-16(22)20-15(19-14)10-2-1-3-12(6-10)21(23)24/h1-8H,(H,19,20,22)/b14-7+. The third-order valence-corrected chi connectivity index (χ3v) is 3.84. The van der Waals surface area contributed by atoms with Crippen LogP contribution < -0.4 is 5.32 Å². The lowest BCUT2D eigenvalue weighted by molar-refractivity contribution is -0.384. The summed E-state index contributed by atoms with van der Waals surface area (Å²) in [6.07, 6.45) is 1.53. The number of amides is 1. The molecule has 24 heavy (non-hydrogen) atoms. The molecule has 0 aliphatic carbocycles. The molecule has 0 saturated carbocycles. The molecule has 8 heteroatoms. The number of nitro benzene ring substituents is 1. The van der Waals surface area contributed by atoms with E-state index in [4.69, 9.17) is 23.2 Å². The summed E-state index contributed by atoms with van der Waals surface area (Å²) in [5, 5.41) is 14.3. The van der Waals surface area contributed by atoms with Crippen LogP contribution in [-0.2, 0) is 4.79 Å². The third-order valence-electron chi connectivity index (χ3n) is 3.28. The summed E-state index contributed by atoms with van der Waals surface area (Å²) in [4.78, 5) is 26.6. The van der Waals surface area contributed by atoms with Crippen LogP contribution in [0.15, 0.2) is 53.2 Å². The average molecular weight is 362 g/mol. The number of amidine groups is 1. The van der Waals surface area contributed by atoms with Gasteiger partial charge in [-0.15, -0.1) is 0 Å². The molecule has 1 aliphatic rings. The number of hydrogen-bond donors (Lipinski definition) is 1. The first kappa shape index (κ1) is 16.2. The van der Waals surface area contributed by atoms with Crippen LogP contribution in [0, 0.1) is 10.1 Å². The van der Waals surface area contributed by atoms with Crippen LogP contribution in [0.4, 0.5) is 5.69 Å². The van der Waals surface area contributed by atoms with Crippen LogP contribution in [0.2, 0.25) is 10.0 Å². The summed E-state index contributed by atoms with van der Waals surface area (Å²) >= 11 is 11.9. The van der Waals surface area contributed by atoms with Crippen molar-refractivity contribution >= 4 is 46.7 Å². The van der Waals surface area contributed by atoms with Crippen LogP contribution >= 0.6 is 23.2 Å². The minimum atomic E-state index is -0.509. The lowest BCUT2D eigenvalue weighted by atomic mass is 10.2. The molecule has 0 saturated heterocycles. The molecule has 0 unspecified atom stereocenters. The number of non-ortho nitro benzene ring substituents is 1. The number of carbonyl (C=O) groups is 1. The van der Waals surface area contributed by atoms with E-state index >= 15 is 0 Å². The number of hydrogen-bond acceptors (Lipinski definition) is 4. The Morgan fingerprint density at radius 1 is 1.17 bits per heavy atom. The van der Waals surface area contributed by atoms with E-state index in [1.165, 1.54) is 24.3 Å². The molecule has 120 valence electrons. The molecule has 3 rings (SSSR count). The van der Waals surface area contributed by atoms with E-state index in [-0.39, 0.29) is 17.2 Å². The first-order valence-corrected chi connectivity index (χ1v) is 7.51. The molecular formula is C16H9Cl2N3O3. The van der Waals surface area contributed by atoms with Crippen molar-refractivity contribution in [2.24, 2.45) is 4.99 Å². The highest BCUT2D eigenvalue weighted by atomic mass is 35.5. The minimum Gasteiger partial charge on any atom is -0.305 e. The van der Waals surface area contributed by atoms with Crippen molar-refractivity contribution in [1.29, 1.82) is 0 Å². The van der Waals surface area contributed by atoms with Crippen LogP contribution in [0.25, 0.3) is 6.08 Å². The molecule has 2 aromatic rings. The highest BCUT2D eigenvalue weighted by Crippen LogP contribution is 2.25. The van der Waals surface area contributed by atoms with E-state index in [1.54, 1.807) is 24.3 Å². The van der Waals surface area contributed by atoms with E-state index in [0.717, 1.165) is 0 Å². The molecule has 0 radical (unpaired) electrons. The van der Waals surface area contributed by atoms with Crippen molar-refractivity contribution in [3.8, 4) is 0 Å². The lowest BCUT2D eigenvalue weighted by Gasteiger charge is -1.99. The predicted octanol–water partition coefficient (Wildman–Crippen LogP) is 3.82. The number of nitro groups is 1. The van der Waals surface area contributed by atoms with Gasteiger partial charge in [0, 0.05) is 27.7 Å². The Kier molecular flexibility index (Phi) is 4.33. The molecule has 0 aromatic heterocycles. The molecule has 6 nitrogen and oxygen atoms in total. The highest BCUT2D eigenvalue weighted by Gasteiger charge is 2.22. The minimum absolute atomic E-state index is 0.0809. The molecule has 1 amide bonds. The monoisotopic (exact) mass is 361 g/mol. The maximum Gasteiger partial charge on any atom is 0.275 e. The number of halogens is 2. The summed E-state index contributed by atoms with van der Waals surface area (Å²) in [6, 6.07) is 10.8. The van der Waals surface area contributed by atoms with Crippen molar-refractivity contribution in [3.63, 3.8) is 0 Å². The number of benzene rings is 2. The maximum atomic E-state index is 12.1. The highest BCUT2D eigenvalue weighted by molar-refractivity contribution is 6.35. The number of carbonyl (C=O) groups excluding carboxylic acids is 1. The first-order chi connectivity index (χ1) is 11.4. The van der Waals surface area contributed by atoms with E-state index in [0.29, 0.717) is 21.2 Å². The largest absolute Gasteiger partial charge is 0.305 e. The van der Waals surface area contributed by atoms with Gasteiger partial charge in [-0.2, -0.15) is 0 Å². The predicted molar refractivity (Wildman–Crippen MR) is 92.2 cm³/mol. The molecule has 0 fully saturated rings. The average Bonchev–Trinajstić information content (AvgIpc) is 2.91. The number of nitrogens with zero attached hydrogens (tertiary/aromatic N) is 2. The lowest BCUT2D eigenvalue weighted by Crippen LogP contribution is -2.24. The molecule has 0 bridgehead atoms. The van der Waals surface area contributed by atoms with Crippen molar-refractivity contribution < 1.29 is 9.72 Å². The van der Waals surface area contributed by atoms with E-state index < -0.39 is 10.8 Å². The smallest absolute Gasteiger partial charge is 0.275 e. The fraction of sp³-hybridized carbons (Fsp3) is 0. The summed E-state index contributed by atoms with van der Waals surface area (Å²) < 4.78 is 0.